The van der Waals surface area contributed by atoms with Crippen molar-refractivity contribution >= 4 is 29.3 Å². The highest BCUT2D eigenvalue weighted by Gasteiger charge is 2.38. The van der Waals surface area contributed by atoms with Gasteiger partial charge in [0.15, 0.2) is 5.78 Å². The van der Waals surface area contributed by atoms with Gasteiger partial charge >= 0.3 is 18.2 Å². The average molecular weight is 642 g/mol. The first-order chi connectivity index (χ1) is 21.6. The quantitative estimate of drug-likeness (QED) is 0.0592. The van der Waals surface area contributed by atoms with Crippen molar-refractivity contribution in [2.45, 2.75) is 46.4 Å². The predicted octanol–water partition coefficient (Wildman–Crippen LogP) is 7.79. The SMILES string of the molecule is Cc1cc(O)ccc1NC(=O)Nc1ccc(-c2ccc(C(=O)CC(C)OO)cc2)c(C)n1.Cc1ccccc1.O=C(O)C(F)(F)F. The zero-order valence-electron chi connectivity index (χ0n) is 25.4. The third kappa shape index (κ3) is 12.4. The third-order valence-corrected chi connectivity index (χ3v) is 6.14. The van der Waals surface area contributed by atoms with Crippen molar-refractivity contribution in [2.75, 3.05) is 10.6 Å². The lowest BCUT2D eigenvalue weighted by atomic mass is 10.00. The lowest BCUT2D eigenvalue weighted by Crippen LogP contribution is -2.21. The van der Waals surface area contributed by atoms with Crippen LogP contribution in [0.5, 0.6) is 5.75 Å². The molecule has 0 aliphatic rings. The molecule has 0 bridgehead atoms. The second-order valence-electron chi connectivity index (χ2n) is 9.99. The van der Waals surface area contributed by atoms with E-state index in [1.165, 1.54) is 11.6 Å². The summed E-state index contributed by atoms with van der Waals surface area (Å²) in [4.78, 5) is 42.0. The molecule has 1 atom stereocenters. The summed E-state index contributed by atoms with van der Waals surface area (Å²) in [7, 11) is 0. The number of aliphatic carboxylic acids is 1. The number of carbonyl (C=O) groups is 3. The maximum absolute atomic E-state index is 12.3. The Hall–Kier alpha value is -5.27. The van der Waals surface area contributed by atoms with Crippen molar-refractivity contribution < 1.29 is 47.9 Å². The minimum absolute atomic E-state index is 0.0858. The van der Waals surface area contributed by atoms with Gasteiger partial charge in [-0.2, -0.15) is 13.2 Å². The Morgan fingerprint density at radius 3 is 1.98 bits per heavy atom. The number of halogens is 3. The van der Waals surface area contributed by atoms with E-state index in [2.05, 4.69) is 39.6 Å². The van der Waals surface area contributed by atoms with Crippen molar-refractivity contribution in [1.82, 2.24) is 4.98 Å². The number of carbonyl (C=O) groups excluding carboxylic acids is 2. The Balaban J connectivity index is 0.000000433. The van der Waals surface area contributed by atoms with E-state index in [0.29, 0.717) is 22.8 Å². The minimum Gasteiger partial charge on any atom is -0.508 e. The second kappa shape index (κ2) is 17.3. The number of hydrogen-bond donors (Lipinski definition) is 5. The predicted molar refractivity (Wildman–Crippen MR) is 167 cm³/mol. The van der Waals surface area contributed by atoms with Gasteiger partial charge in [-0.15, -0.1) is 0 Å². The molecule has 1 aromatic heterocycles. The van der Waals surface area contributed by atoms with Crippen LogP contribution >= 0.6 is 0 Å². The number of anilines is 2. The number of ketones is 1. The molecule has 0 saturated carbocycles. The Morgan fingerprint density at radius 1 is 0.891 bits per heavy atom. The number of aromatic nitrogens is 1. The molecular weight excluding hydrogens is 607 g/mol. The van der Waals surface area contributed by atoms with Crippen molar-refractivity contribution in [1.29, 1.82) is 0 Å². The first kappa shape index (κ1) is 36.9. The zero-order chi connectivity index (χ0) is 34.4. The van der Waals surface area contributed by atoms with Crippen LogP contribution in [0.1, 0.15) is 40.5 Å². The van der Waals surface area contributed by atoms with Gasteiger partial charge in [0.1, 0.15) is 11.6 Å². The van der Waals surface area contributed by atoms with Crippen LogP contribution in [0.15, 0.2) is 84.9 Å². The summed E-state index contributed by atoms with van der Waals surface area (Å²) >= 11 is 0. The van der Waals surface area contributed by atoms with E-state index in [4.69, 9.17) is 15.2 Å². The number of benzene rings is 3. The fourth-order valence-electron chi connectivity index (χ4n) is 3.78. The fourth-order valence-corrected chi connectivity index (χ4v) is 3.78. The highest BCUT2D eigenvalue weighted by atomic mass is 19.4. The average Bonchev–Trinajstić information content (AvgIpc) is 2.99. The minimum atomic E-state index is -5.08. The molecule has 0 fully saturated rings. The monoisotopic (exact) mass is 641 g/mol. The van der Waals surface area contributed by atoms with Crippen LogP contribution in [-0.2, 0) is 9.68 Å². The molecule has 4 aromatic rings. The fraction of sp³-hybridized carbons (Fsp3) is 0.212. The van der Waals surface area contributed by atoms with Gasteiger partial charge in [0.05, 0.1) is 6.10 Å². The normalized spacial score (nSPS) is 11.1. The van der Waals surface area contributed by atoms with E-state index < -0.39 is 24.3 Å². The summed E-state index contributed by atoms with van der Waals surface area (Å²) in [6, 6.07) is 25.2. The number of urea groups is 1. The maximum atomic E-state index is 12.3. The van der Waals surface area contributed by atoms with Gasteiger partial charge in [0.25, 0.3) is 0 Å². The number of carboxylic acids is 1. The first-order valence-corrected chi connectivity index (χ1v) is 13.7. The van der Waals surface area contributed by atoms with Crippen LogP contribution in [0.3, 0.4) is 0 Å². The number of carboxylic acid groups (broad SMARTS) is 1. The molecule has 46 heavy (non-hydrogen) atoms. The van der Waals surface area contributed by atoms with Crippen LogP contribution in [0.2, 0.25) is 0 Å². The Labute approximate surface area is 263 Å². The van der Waals surface area contributed by atoms with E-state index in [1.54, 1.807) is 44.2 Å². The lowest BCUT2D eigenvalue weighted by Gasteiger charge is -2.12. The van der Waals surface area contributed by atoms with Crippen LogP contribution in [0.25, 0.3) is 11.1 Å². The number of nitrogens with zero attached hydrogens (tertiary/aromatic N) is 1. The van der Waals surface area contributed by atoms with Crippen LogP contribution in [-0.4, -0.2) is 50.5 Å². The maximum Gasteiger partial charge on any atom is 0.490 e. The molecule has 0 radical (unpaired) electrons. The number of amides is 2. The number of pyridine rings is 1. The molecule has 0 aliphatic carbocycles. The second-order valence-corrected chi connectivity index (χ2v) is 9.99. The summed E-state index contributed by atoms with van der Waals surface area (Å²) in [5, 5.41) is 30.7. The number of phenolic OH excluding ortho intramolecular Hbond substituents is 1. The molecule has 3 aromatic carbocycles. The molecule has 4 rings (SSSR count). The first-order valence-electron chi connectivity index (χ1n) is 13.7. The van der Waals surface area contributed by atoms with E-state index in [1.807, 2.05) is 43.3 Å². The Morgan fingerprint density at radius 2 is 1.50 bits per heavy atom. The molecule has 244 valence electrons. The zero-order valence-corrected chi connectivity index (χ0v) is 25.4. The summed E-state index contributed by atoms with van der Waals surface area (Å²) < 4.78 is 31.7. The summed E-state index contributed by atoms with van der Waals surface area (Å²) in [5.41, 5.74) is 5.64. The van der Waals surface area contributed by atoms with Gasteiger partial charge in [-0.3, -0.25) is 15.4 Å². The molecule has 1 heterocycles. The van der Waals surface area contributed by atoms with Crippen LogP contribution in [0.4, 0.5) is 29.5 Å². The summed E-state index contributed by atoms with van der Waals surface area (Å²) in [6.45, 7) is 7.32. The molecule has 5 N–H and O–H groups in total. The highest BCUT2D eigenvalue weighted by Crippen LogP contribution is 2.25. The number of phenols is 1. The molecule has 0 spiro atoms. The van der Waals surface area contributed by atoms with Gasteiger partial charge in [-0.25, -0.2) is 19.5 Å². The topological polar surface area (TPSA) is 158 Å². The van der Waals surface area contributed by atoms with Crippen molar-refractivity contribution in [3.05, 3.63) is 107 Å². The molecule has 0 aliphatic heterocycles. The van der Waals surface area contributed by atoms with Gasteiger partial charge < -0.3 is 15.5 Å². The Kier molecular flexibility index (Phi) is 13.9. The molecule has 13 heteroatoms. The number of hydrogen-bond acceptors (Lipinski definition) is 7. The van der Waals surface area contributed by atoms with E-state index in [9.17, 15) is 27.9 Å². The summed E-state index contributed by atoms with van der Waals surface area (Å²) in [6.07, 6.45) is -5.56. The summed E-state index contributed by atoms with van der Waals surface area (Å²) in [5.74, 6) is -2.35. The van der Waals surface area contributed by atoms with Gasteiger partial charge in [-0.05, 0) is 69.2 Å². The third-order valence-electron chi connectivity index (χ3n) is 6.14. The lowest BCUT2D eigenvalue weighted by molar-refractivity contribution is -0.272. The molecular formula is C33H34F3N3O7. The molecule has 0 saturated heterocycles. The highest BCUT2D eigenvalue weighted by molar-refractivity contribution is 6.00. The number of alkyl halides is 3. The molecule has 2 amide bonds. The Bertz CT molecular complexity index is 1610. The van der Waals surface area contributed by atoms with Crippen molar-refractivity contribution in [3.63, 3.8) is 0 Å². The smallest absolute Gasteiger partial charge is 0.490 e. The van der Waals surface area contributed by atoms with E-state index in [-0.39, 0.29) is 18.0 Å². The van der Waals surface area contributed by atoms with E-state index in [0.717, 1.165) is 16.7 Å². The standard InChI is InChI=1S/C24H25N3O5.C7H8.C2HF3O2/c1-14-12-19(28)8-10-21(14)26-24(30)27-23-11-9-20(16(3)25-23)17-4-6-18(7-5-17)22(29)13-15(2)32-31;1-7-5-3-2-4-6-7;3-2(4,5)1(6)7/h4-12,15,28,31H,13H2,1-3H3,(H2,25,26,27,30);2-6H,1H3;(H,6,7). The number of aromatic hydroxyl groups is 1. The number of nitrogens with one attached hydrogen (secondary N) is 2. The van der Waals surface area contributed by atoms with Crippen LogP contribution < -0.4 is 10.6 Å². The molecule has 10 nitrogen and oxygen atoms in total. The van der Waals surface area contributed by atoms with Crippen molar-refractivity contribution in [3.8, 4) is 16.9 Å². The molecule has 1 unspecified atom stereocenters. The van der Waals surface area contributed by atoms with E-state index >= 15 is 0 Å². The van der Waals surface area contributed by atoms with Gasteiger partial charge in [0, 0.05) is 28.9 Å². The van der Waals surface area contributed by atoms with Crippen LogP contribution in [0, 0.1) is 20.8 Å². The largest absolute Gasteiger partial charge is 0.508 e. The number of rotatable bonds is 7. The van der Waals surface area contributed by atoms with Gasteiger partial charge in [-0.1, -0.05) is 60.2 Å². The van der Waals surface area contributed by atoms with Crippen molar-refractivity contribution in [2.24, 2.45) is 0 Å². The number of aryl methyl sites for hydroxylation is 3. The van der Waals surface area contributed by atoms with Gasteiger partial charge in [0.2, 0.25) is 0 Å². The number of Topliss-reactive ketones (excluding diaryl/α,β-unsaturated/α-hetero) is 1.